The van der Waals surface area contributed by atoms with Crippen LogP contribution in [0.5, 0.6) is 0 Å². The Bertz CT molecular complexity index is 929. The molecular formula is C17H14N2O3. The molecule has 0 saturated carbocycles. The molecule has 0 aliphatic rings. The van der Waals surface area contributed by atoms with Crippen LogP contribution in [0.2, 0.25) is 0 Å². The van der Waals surface area contributed by atoms with Crippen LogP contribution >= 0.6 is 0 Å². The van der Waals surface area contributed by atoms with Crippen LogP contribution in [0.3, 0.4) is 0 Å². The van der Waals surface area contributed by atoms with Gasteiger partial charge in [-0.25, -0.2) is 4.79 Å². The summed E-state index contributed by atoms with van der Waals surface area (Å²) in [4.78, 5) is 25.6. The lowest BCUT2D eigenvalue weighted by Gasteiger charge is -2.10. The average Bonchev–Trinajstić information content (AvgIpc) is 2.48. The Morgan fingerprint density at radius 1 is 1.14 bits per heavy atom. The number of carboxylic acid groups (broad SMARTS) is 1. The highest BCUT2D eigenvalue weighted by molar-refractivity contribution is 5.94. The number of aromatic amines is 1. The Morgan fingerprint density at radius 3 is 2.73 bits per heavy atom. The number of pyridine rings is 1. The molecule has 0 saturated heterocycles. The van der Waals surface area contributed by atoms with Crippen molar-refractivity contribution >= 4 is 28.2 Å². The summed E-state index contributed by atoms with van der Waals surface area (Å²) in [5, 5.41) is 13.0. The Hall–Kier alpha value is -3.08. The molecular weight excluding hydrogens is 280 g/mol. The first-order chi connectivity index (χ1) is 10.5. The lowest BCUT2D eigenvalue weighted by Crippen LogP contribution is -2.07. The number of aryl methyl sites for hydroxylation is 1. The van der Waals surface area contributed by atoms with Crippen molar-refractivity contribution in [2.24, 2.45) is 0 Å². The van der Waals surface area contributed by atoms with Gasteiger partial charge in [0, 0.05) is 17.1 Å². The van der Waals surface area contributed by atoms with Gasteiger partial charge in [0.2, 0.25) is 5.56 Å². The predicted octanol–water partition coefficient (Wildman–Crippen LogP) is 3.28. The molecule has 0 radical (unpaired) electrons. The summed E-state index contributed by atoms with van der Waals surface area (Å²) in [7, 11) is 0. The Morgan fingerprint density at radius 2 is 1.95 bits per heavy atom. The quantitative estimate of drug-likeness (QED) is 0.692. The van der Waals surface area contributed by atoms with E-state index in [1.165, 1.54) is 18.2 Å². The van der Waals surface area contributed by atoms with Gasteiger partial charge in [0.1, 0.15) is 0 Å². The van der Waals surface area contributed by atoms with E-state index >= 15 is 0 Å². The number of H-pyrrole nitrogens is 1. The molecule has 0 aliphatic carbocycles. The summed E-state index contributed by atoms with van der Waals surface area (Å²) in [5.41, 5.74) is 3.04. The maximum atomic E-state index is 11.8. The maximum absolute atomic E-state index is 11.8. The first-order valence-corrected chi connectivity index (χ1v) is 6.77. The third-order valence-electron chi connectivity index (χ3n) is 3.39. The number of aromatic carboxylic acids is 1. The van der Waals surface area contributed by atoms with Crippen LogP contribution in [-0.2, 0) is 0 Å². The van der Waals surface area contributed by atoms with Crippen LogP contribution in [0.15, 0.2) is 53.3 Å². The Balaban J connectivity index is 2.10. The fourth-order valence-corrected chi connectivity index (χ4v) is 2.36. The number of carbonyl (C=O) groups is 1. The second-order valence-electron chi connectivity index (χ2n) is 5.11. The highest BCUT2D eigenvalue weighted by Gasteiger charge is 2.07. The topological polar surface area (TPSA) is 82.2 Å². The van der Waals surface area contributed by atoms with E-state index in [9.17, 15) is 9.59 Å². The molecule has 3 N–H and O–H groups in total. The average molecular weight is 294 g/mol. The first kappa shape index (κ1) is 13.9. The summed E-state index contributed by atoms with van der Waals surface area (Å²) in [5.74, 6) is -0.990. The molecule has 3 aromatic rings. The van der Waals surface area contributed by atoms with Gasteiger partial charge >= 0.3 is 5.97 Å². The molecule has 1 heterocycles. The zero-order valence-electron chi connectivity index (χ0n) is 11.9. The fourth-order valence-electron chi connectivity index (χ4n) is 2.36. The van der Waals surface area contributed by atoms with Crippen LogP contribution in [0.25, 0.3) is 10.9 Å². The van der Waals surface area contributed by atoms with E-state index in [1.807, 2.05) is 25.1 Å². The highest BCUT2D eigenvalue weighted by atomic mass is 16.4. The van der Waals surface area contributed by atoms with Crippen LogP contribution in [0, 0.1) is 6.92 Å². The zero-order chi connectivity index (χ0) is 15.7. The lowest BCUT2D eigenvalue weighted by atomic mass is 10.1. The summed E-state index contributed by atoms with van der Waals surface area (Å²) >= 11 is 0. The third-order valence-corrected chi connectivity index (χ3v) is 3.39. The van der Waals surface area contributed by atoms with E-state index in [0.717, 1.165) is 16.5 Å². The molecule has 110 valence electrons. The van der Waals surface area contributed by atoms with Gasteiger partial charge in [-0.2, -0.15) is 0 Å². The third kappa shape index (κ3) is 2.69. The van der Waals surface area contributed by atoms with Gasteiger partial charge in [-0.15, -0.1) is 0 Å². The van der Waals surface area contributed by atoms with E-state index in [-0.39, 0.29) is 11.1 Å². The van der Waals surface area contributed by atoms with E-state index in [1.54, 1.807) is 12.1 Å². The lowest BCUT2D eigenvalue weighted by molar-refractivity contribution is 0.0697. The minimum absolute atomic E-state index is 0.190. The second-order valence-corrected chi connectivity index (χ2v) is 5.11. The molecule has 0 amide bonds. The van der Waals surface area contributed by atoms with E-state index < -0.39 is 5.97 Å². The monoisotopic (exact) mass is 294 g/mol. The predicted molar refractivity (Wildman–Crippen MR) is 86.0 cm³/mol. The summed E-state index contributed by atoms with van der Waals surface area (Å²) in [6.07, 6.45) is 0. The molecule has 0 atom stereocenters. The van der Waals surface area contributed by atoms with Crippen LogP contribution in [0.4, 0.5) is 11.4 Å². The Labute approximate surface area is 126 Å². The molecule has 2 aromatic carbocycles. The summed E-state index contributed by atoms with van der Waals surface area (Å²) < 4.78 is 0. The number of anilines is 2. The molecule has 0 bridgehead atoms. The van der Waals surface area contributed by atoms with Crippen molar-refractivity contribution in [2.75, 3.05) is 5.32 Å². The SMILES string of the molecule is Cc1ccc2[nH]c(=O)cc(Nc3cccc(C(=O)O)c3)c2c1. The molecule has 3 rings (SSSR count). The second kappa shape index (κ2) is 5.37. The minimum atomic E-state index is -0.990. The van der Waals surface area contributed by atoms with Crippen LogP contribution < -0.4 is 10.9 Å². The van der Waals surface area contributed by atoms with Crippen molar-refractivity contribution in [2.45, 2.75) is 6.92 Å². The smallest absolute Gasteiger partial charge is 0.335 e. The number of carboxylic acids is 1. The van der Waals surface area contributed by atoms with Gasteiger partial charge in [0.15, 0.2) is 0 Å². The van der Waals surface area contributed by atoms with Gasteiger partial charge in [-0.3, -0.25) is 4.79 Å². The number of benzene rings is 2. The number of hydrogen-bond donors (Lipinski definition) is 3. The number of aromatic nitrogens is 1. The van der Waals surface area contributed by atoms with Crippen molar-refractivity contribution in [3.8, 4) is 0 Å². The minimum Gasteiger partial charge on any atom is -0.478 e. The van der Waals surface area contributed by atoms with Gasteiger partial charge in [0.05, 0.1) is 16.8 Å². The molecule has 5 nitrogen and oxygen atoms in total. The van der Waals surface area contributed by atoms with Gasteiger partial charge in [-0.05, 0) is 37.3 Å². The molecule has 0 unspecified atom stereocenters. The molecule has 1 aromatic heterocycles. The van der Waals surface area contributed by atoms with E-state index in [0.29, 0.717) is 11.4 Å². The molecule has 5 heteroatoms. The van der Waals surface area contributed by atoms with Crippen molar-refractivity contribution in [3.63, 3.8) is 0 Å². The number of nitrogens with one attached hydrogen (secondary N) is 2. The van der Waals surface area contributed by atoms with Crippen molar-refractivity contribution in [3.05, 3.63) is 70.0 Å². The molecule has 22 heavy (non-hydrogen) atoms. The standard InChI is InChI=1S/C17H14N2O3/c1-10-5-6-14-13(7-10)15(9-16(20)19-14)18-12-4-2-3-11(8-12)17(21)22/h2-9H,1H3,(H,21,22)(H2,18,19,20). The van der Waals surface area contributed by atoms with Gasteiger partial charge in [0.25, 0.3) is 0 Å². The van der Waals surface area contributed by atoms with Crippen molar-refractivity contribution in [1.29, 1.82) is 0 Å². The summed E-state index contributed by atoms with van der Waals surface area (Å²) in [6, 6.07) is 13.7. The highest BCUT2D eigenvalue weighted by Crippen LogP contribution is 2.25. The van der Waals surface area contributed by atoms with Crippen LogP contribution in [0.1, 0.15) is 15.9 Å². The number of rotatable bonds is 3. The maximum Gasteiger partial charge on any atom is 0.335 e. The number of hydrogen-bond acceptors (Lipinski definition) is 3. The molecule has 0 fully saturated rings. The molecule has 0 aliphatic heterocycles. The Kier molecular flexibility index (Phi) is 3.39. The van der Waals surface area contributed by atoms with Crippen molar-refractivity contribution < 1.29 is 9.90 Å². The largest absolute Gasteiger partial charge is 0.478 e. The first-order valence-electron chi connectivity index (χ1n) is 6.77. The normalized spacial score (nSPS) is 10.6. The molecule has 0 spiro atoms. The summed E-state index contributed by atoms with van der Waals surface area (Å²) in [6.45, 7) is 1.97. The van der Waals surface area contributed by atoms with Crippen molar-refractivity contribution in [1.82, 2.24) is 4.98 Å². The van der Waals surface area contributed by atoms with E-state index in [2.05, 4.69) is 10.3 Å². The fraction of sp³-hybridized carbons (Fsp3) is 0.0588. The van der Waals surface area contributed by atoms with E-state index in [4.69, 9.17) is 5.11 Å². The number of fused-ring (bicyclic) bond motifs is 1. The van der Waals surface area contributed by atoms with Gasteiger partial charge in [-0.1, -0.05) is 17.7 Å². The van der Waals surface area contributed by atoms with Crippen LogP contribution in [-0.4, -0.2) is 16.1 Å². The van der Waals surface area contributed by atoms with Gasteiger partial charge < -0.3 is 15.4 Å². The zero-order valence-corrected chi connectivity index (χ0v) is 11.9.